The molecule has 0 unspecified atom stereocenters. The number of para-hydroxylation sites is 1. The Morgan fingerprint density at radius 3 is 2.86 bits per heavy atom. The Hall–Kier alpha value is -3.54. The molecular formula is C23H20N4O2. The second-order valence-corrected chi connectivity index (χ2v) is 7.00. The van der Waals surface area contributed by atoms with Crippen LogP contribution in [0, 0.1) is 0 Å². The number of ether oxygens (including phenoxy) is 1. The summed E-state index contributed by atoms with van der Waals surface area (Å²) in [7, 11) is 0. The van der Waals surface area contributed by atoms with Gasteiger partial charge < -0.3 is 4.74 Å². The highest BCUT2D eigenvalue weighted by molar-refractivity contribution is 6.01. The van der Waals surface area contributed by atoms with Crippen LogP contribution in [0.2, 0.25) is 0 Å². The van der Waals surface area contributed by atoms with Crippen molar-refractivity contribution < 1.29 is 9.53 Å². The number of hydrogen-bond acceptors (Lipinski definition) is 5. The maximum absolute atomic E-state index is 12.4. The molecule has 4 heterocycles. The van der Waals surface area contributed by atoms with Gasteiger partial charge in [0.15, 0.2) is 0 Å². The number of carbonyl (C=O) groups is 1. The second-order valence-electron chi connectivity index (χ2n) is 7.00. The highest BCUT2D eigenvalue weighted by Gasteiger charge is 2.26. The molecule has 0 saturated carbocycles. The van der Waals surface area contributed by atoms with Crippen LogP contribution in [0.4, 0.5) is 0 Å². The van der Waals surface area contributed by atoms with Gasteiger partial charge in [0.05, 0.1) is 17.8 Å². The van der Waals surface area contributed by atoms with Crippen LogP contribution in [0.25, 0.3) is 33.4 Å². The number of carbonyl (C=O) groups excluding carboxylic acids is 1. The molecule has 0 radical (unpaired) electrons. The van der Waals surface area contributed by atoms with Gasteiger partial charge in [0.1, 0.15) is 11.4 Å². The van der Waals surface area contributed by atoms with E-state index in [0.29, 0.717) is 12.3 Å². The zero-order valence-corrected chi connectivity index (χ0v) is 16.1. The second kappa shape index (κ2) is 7.13. The number of benzene rings is 1. The SMILES string of the molecule is CCOC(=O)c1cc(-c2nn3c(c2-c2ccccn2)CCC3)c2ccccc2n1. The maximum Gasteiger partial charge on any atom is 0.356 e. The van der Waals surface area contributed by atoms with Gasteiger partial charge >= 0.3 is 5.97 Å². The number of aryl methyl sites for hydroxylation is 1. The lowest BCUT2D eigenvalue weighted by Crippen LogP contribution is -2.08. The predicted molar refractivity (Wildman–Crippen MR) is 110 cm³/mol. The van der Waals surface area contributed by atoms with Crippen LogP contribution in [0.3, 0.4) is 0 Å². The lowest BCUT2D eigenvalue weighted by Gasteiger charge is -2.10. The minimum atomic E-state index is -0.425. The van der Waals surface area contributed by atoms with Crippen LogP contribution >= 0.6 is 0 Å². The van der Waals surface area contributed by atoms with Crippen molar-refractivity contribution >= 4 is 16.9 Å². The minimum absolute atomic E-state index is 0.292. The summed E-state index contributed by atoms with van der Waals surface area (Å²) in [5, 5.41) is 5.88. The van der Waals surface area contributed by atoms with Crippen molar-refractivity contribution in [1.82, 2.24) is 19.7 Å². The van der Waals surface area contributed by atoms with Crippen molar-refractivity contribution in [2.45, 2.75) is 26.3 Å². The largest absolute Gasteiger partial charge is 0.461 e. The average molecular weight is 384 g/mol. The standard InChI is InChI=1S/C23H20N4O2/c1-2-29-23(28)19-14-16(15-8-3-4-9-17(15)25-19)22-21(18-10-5-6-12-24-18)20-11-7-13-27(20)26-22/h3-6,8-10,12,14H,2,7,11,13H2,1H3. The summed E-state index contributed by atoms with van der Waals surface area (Å²) in [6, 6.07) is 15.5. The fraction of sp³-hybridized carbons (Fsp3) is 0.217. The van der Waals surface area contributed by atoms with Crippen LogP contribution in [0.15, 0.2) is 54.7 Å². The first-order chi connectivity index (χ1) is 14.3. The van der Waals surface area contributed by atoms with Gasteiger partial charge in [-0.05, 0) is 44.0 Å². The Kier molecular flexibility index (Phi) is 4.31. The molecule has 0 atom stereocenters. The summed E-state index contributed by atoms with van der Waals surface area (Å²) < 4.78 is 7.27. The number of esters is 1. The van der Waals surface area contributed by atoms with Gasteiger partial charge in [-0.25, -0.2) is 9.78 Å². The number of rotatable bonds is 4. The van der Waals surface area contributed by atoms with E-state index in [1.165, 1.54) is 5.69 Å². The average Bonchev–Trinajstić information content (AvgIpc) is 3.35. The third-order valence-corrected chi connectivity index (χ3v) is 5.22. The minimum Gasteiger partial charge on any atom is -0.461 e. The summed E-state index contributed by atoms with van der Waals surface area (Å²) >= 11 is 0. The monoisotopic (exact) mass is 384 g/mol. The Labute approximate surface area is 168 Å². The summed E-state index contributed by atoms with van der Waals surface area (Å²) in [6.07, 6.45) is 3.84. The number of nitrogens with zero attached hydrogens (tertiary/aromatic N) is 4. The van der Waals surface area contributed by atoms with Crippen LogP contribution in [0.5, 0.6) is 0 Å². The zero-order chi connectivity index (χ0) is 19.8. The summed E-state index contributed by atoms with van der Waals surface area (Å²) in [5.74, 6) is -0.425. The smallest absolute Gasteiger partial charge is 0.356 e. The first-order valence-electron chi connectivity index (χ1n) is 9.84. The molecule has 1 aliphatic heterocycles. The molecule has 0 amide bonds. The van der Waals surface area contributed by atoms with Gasteiger partial charge in [0.2, 0.25) is 0 Å². The first kappa shape index (κ1) is 17.6. The molecule has 4 aromatic rings. The van der Waals surface area contributed by atoms with E-state index in [-0.39, 0.29) is 0 Å². The van der Waals surface area contributed by atoms with E-state index in [2.05, 4.69) is 14.6 Å². The Morgan fingerprint density at radius 2 is 2.03 bits per heavy atom. The third-order valence-electron chi connectivity index (χ3n) is 5.22. The number of aromatic nitrogens is 4. The van der Waals surface area contributed by atoms with E-state index in [1.807, 2.05) is 42.5 Å². The summed E-state index contributed by atoms with van der Waals surface area (Å²) in [4.78, 5) is 21.6. The third kappa shape index (κ3) is 2.97. The number of hydrogen-bond donors (Lipinski definition) is 0. The molecule has 1 aliphatic rings. The molecule has 5 rings (SSSR count). The lowest BCUT2D eigenvalue weighted by atomic mass is 9.98. The summed E-state index contributed by atoms with van der Waals surface area (Å²) in [5.41, 5.74) is 5.87. The molecule has 0 spiro atoms. The van der Waals surface area contributed by atoms with Gasteiger partial charge in [-0.15, -0.1) is 0 Å². The molecule has 144 valence electrons. The number of fused-ring (bicyclic) bond motifs is 2. The van der Waals surface area contributed by atoms with Crippen molar-refractivity contribution in [3.8, 4) is 22.5 Å². The van der Waals surface area contributed by atoms with Crippen LogP contribution < -0.4 is 0 Å². The van der Waals surface area contributed by atoms with E-state index < -0.39 is 5.97 Å². The highest BCUT2D eigenvalue weighted by atomic mass is 16.5. The van der Waals surface area contributed by atoms with Crippen molar-refractivity contribution in [2.75, 3.05) is 6.61 Å². The molecule has 29 heavy (non-hydrogen) atoms. The molecule has 0 fully saturated rings. The van der Waals surface area contributed by atoms with Crippen molar-refractivity contribution in [3.63, 3.8) is 0 Å². The predicted octanol–water partition coefficient (Wildman–Crippen LogP) is 4.28. The van der Waals surface area contributed by atoms with E-state index in [0.717, 1.165) is 52.8 Å². The summed E-state index contributed by atoms with van der Waals surface area (Å²) in [6.45, 7) is 2.99. The highest BCUT2D eigenvalue weighted by Crippen LogP contribution is 2.39. The van der Waals surface area contributed by atoms with E-state index in [9.17, 15) is 4.79 Å². The van der Waals surface area contributed by atoms with Crippen LogP contribution in [-0.4, -0.2) is 32.3 Å². The van der Waals surface area contributed by atoms with Gasteiger partial charge in [0, 0.05) is 34.9 Å². The molecule has 0 bridgehead atoms. The van der Waals surface area contributed by atoms with Gasteiger partial charge in [-0.1, -0.05) is 24.3 Å². The Balaban J connectivity index is 1.80. The Morgan fingerprint density at radius 1 is 1.17 bits per heavy atom. The fourth-order valence-electron chi connectivity index (χ4n) is 3.98. The molecule has 0 aliphatic carbocycles. The van der Waals surface area contributed by atoms with Crippen molar-refractivity contribution in [3.05, 3.63) is 66.1 Å². The molecule has 0 N–H and O–H groups in total. The van der Waals surface area contributed by atoms with Crippen LogP contribution in [-0.2, 0) is 17.7 Å². The van der Waals surface area contributed by atoms with Crippen molar-refractivity contribution in [2.24, 2.45) is 0 Å². The van der Waals surface area contributed by atoms with E-state index in [4.69, 9.17) is 9.84 Å². The topological polar surface area (TPSA) is 69.9 Å². The van der Waals surface area contributed by atoms with Crippen LogP contribution in [0.1, 0.15) is 29.5 Å². The molecule has 6 heteroatoms. The molecule has 0 saturated heterocycles. The quantitative estimate of drug-likeness (QED) is 0.491. The molecule has 3 aromatic heterocycles. The molecule has 6 nitrogen and oxygen atoms in total. The van der Waals surface area contributed by atoms with E-state index in [1.54, 1.807) is 19.2 Å². The van der Waals surface area contributed by atoms with Gasteiger partial charge in [-0.3, -0.25) is 9.67 Å². The normalized spacial score (nSPS) is 12.9. The van der Waals surface area contributed by atoms with Gasteiger partial charge in [-0.2, -0.15) is 5.10 Å². The van der Waals surface area contributed by atoms with Gasteiger partial charge in [0.25, 0.3) is 0 Å². The maximum atomic E-state index is 12.4. The lowest BCUT2D eigenvalue weighted by molar-refractivity contribution is 0.0520. The molecule has 1 aromatic carbocycles. The molecular weight excluding hydrogens is 364 g/mol. The fourth-order valence-corrected chi connectivity index (χ4v) is 3.98. The Bertz CT molecular complexity index is 1210. The van der Waals surface area contributed by atoms with Crippen molar-refractivity contribution in [1.29, 1.82) is 0 Å². The van der Waals surface area contributed by atoms with E-state index >= 15 is 0 Å². The number of pyridine rings is 2. The zero-order valence-electron chi connectivity index (χ0n) is 16.1. The first-order valence-corrected chi connectivity index (χ1v) is 9.84.